The van der Waals surface area contributed by atoms with Gasteiger partial charge in [-0.2, -0.15) is 0 Å². The maximum atomic E-state index is 11.5. The first-order chi connectivity index (χ1) is 7.22. The van der Waals surface area contributed by atoms with E-state index in [4.69, 9.17) is 4.74 Å². The summed E-state index contributed by atoms with van der Waals surface area (Å²) in [5.74, 6) is 0.776. The Morgan fingerprint density at radius 2 is 2.33 bits per heavy atom. The van der Waals surface area contributed by atoms with Crippen LogP contribution in [0.2, 0.25) is 0 Å². The summed E-state index contributed by atoms with van der Waals surface area (Å²) in [4.78, 5) is 12.6. The highest BCUT2D eigenvalue weighted by atomic mass is 32.2. The van der Waals surface area contributed by atoms with Gasteiger partial charge in [0.1, 0.15) is 0 Å². The minimum atomic E-state index is -0.263. The topological polar surface area (TPSA) is 38.3 Å². The van der Waals surface area contributed by atoms with E-state index < -0.39 is 0 Å². The maximum Gasteiger partial charge on any atom is 0.338 e. The molecule has 3 nitrogen and oxygen atoms in total. The minimum Gasteiger partial charge on any atom is -0.465 e. The Bertz CT molecular complexity index is 404. The van der Waals surface area contributed by atoms with Crippen molar-refractivity contribution in [2.75, 3.05) is 24.7 Å². The summed E-state index contributed by atoms with van der Waals surface area (Å²) in [5, 5.41) is 3.31. The molecule has 1 heterocycles. The van der Waals surface area contributed by atoms with Crippen molar-refractivity contribution in [1.82, 2.24) is 0 Å². The van der Waals surface area contributed by atoms with Crippen LogP contribution in [0.5, 0.6) is 0 Å². The normalized spacial score (nSPS) is 14.0. The van der Waals surface area contributed by atoms with E-state index in [2.05, 4.69) is 5.32 Å². The van der Waals surface area contributed by atoms with E-state index in [1.165, 1.54) is 7.11 Å². The second kappa shape index (κ2) is 4.14. The van der Waals surface area contributed by atoms with Crippen molar-refractivity contribution in [3.05, 3.63) is 23.3 Å². The molecule has 0 unspecified atom stereocenters. The summed E-state index contributed by atoms with van der Waals surface area (Å²) in [6.07, 6.45) is 0. The molecule has 0 aromatic heterocycles. The number of nitrogens with one attached hydrogen (secondary N) is 1. The molecular weight excluding hydrogens is 210 g/mol. The lowest BCUT2D eigenvalue weighted by Gasteiger charge is -2.19. The number of hydrogen-bond donors (Lipinski definition) is 1. The maximum absolute atomic E-state index is 11.5. The van der Waals surface area contributed by atoms with Gasteiger partial charge in [-0.1, -0.05) is 0 Å². The fourth-order valence-corrected chi connectivity index (χ4v) is 2.53. The Labute approximate surface area is 93.2 Å². The first kappa shape index (κ1) is 10.4. The number of benzene rings is 1. The molecule has 4 heteroatoms. The van der Waals surface area contributed by atoms with Crippen LogP contribution < -0.4 is 5.32 Å². The summed E-state index contributed by atoms with van der Waals surface area (Å²) in [5.41, 5.74) is 2.74. The molecule has 0 aliphatic carbocycles. The van der Waals surface area contributed by atoms with Crippen LogP contribution in [-0.4, -0.2) is 25.4 Å². The molecule has 1 N–H and O–H groups in total. The highest BCUT2D eigenvalue weighted by Crippen LogP contribution is 2.33. The van der Waals surface area contributed by atoms with Crippen LogP contribution in [-0.2, 0) is 4.74 Å². The van der Waals surface area contributed by atoms with Crippen molar-refractivity contribution >= 4 is 23.4 Å². The van der Waals surface area contributed by atoms with Crippen LogP contribution in [0.4, 0.5) is 5.69 Å². The highest BCUT2D eigenvalue weighted by Gasteiger charge is 2.15. The van der Waals surface area contributed by atoms with Gasteiger partial charge >= 0.3 is 5.97 Å². The van der Waals surface area contributed by atoms with E-state index in [0.717, 1.165) is 28.4 Å². The van der Waals surface area contributed by atoms with Crippen molar-refractivity contribution in [2.24, 2.45) is 0 Å². The number of anilines is 1. The predicted molar refractivity (Wildman–Crippen MR) is 61.7 cm³/mol. The SMILES string of the molecule is COC(=O)c1cc2c(cc1C)NCCS2. The Kier molecular flexibility index (Phi) is 2.86. The first-order valence-corrected chi connectivity index (χ1v) is 5.80. The van der Waals surface area contributed by atoms with E-state index in [1.807, 2.05) is 19.1 Å². The number of rotatable bonds is 1. The smallest absolute Gasteiger partial charge is 0.338 e. The number of aryl methyl sites for hydroxylation is 1. The van der Waals surface area contributed by atoms with Gasteiger partial charge in [0.2, 0.25) is 0 Å². The monoisotopic (exact) mass is 223 g/mol. The van der Waals surface area contributed by atoms with Gasteiger partial charge in [-0.15, -0.1) is 11.8 Å². The molecule has 0 bridgehead atoms. The molecule has 0 saturated carbocycles. The minimum absolute atomic E-state index is 0.263. The number of carbonyl (C=O) groups excluding carboxylic acids is 1. The zero-order valence-corrected chi connectivity index (χ0v) is 9.61. The lowest BCUT2D eigenvalue weighted by molar-refractivity contribution is 0.0599. The first-order valence-electron chi connectivity index (χ1n) is 4.82. The number of carbonyl (C=O) groups is 1. The Hall–Kier alpha value is -1.16. The third-order valence-electron chi connectivity index (χ3n) is 2.41. The molecular formula is C11H13NO2S. The molecule has 0 spiro atoms. The Morgan fingerprint density at radius 3 is 3.07 bits per heavy atom. The van der Waals surface area contributed by atoms with E-state index >= 15 is 0 Å². The van der Waals surface area contributed by atoms with Gasteiger partial charge < -0.3 is 10.1 Å². The second-order valence-corrected chi connectivity index (χ2v) is 4.57. The van der Waals surface area contributed by atoms with Crippen molar-refractivity contribution in [3.63, 3.8) is 0 Å². The molecule has 0 saturated heterocycles. The molecule has 80 valence electrons. The number of hydrogen-bond acceptors (Lipinski definition) is 4. The molecule has 1 aliphatic rings. The summed E-state index contributed by atoms with van der Waals surface area (Å²) in [7, 11) is 1.41. The van der Waals surface area contributed by atoms with Crippen LogP contribution in [0.25, 0.3) is 0 Å². The van der Waals surface area contributed by atoms with Crippen LogP contribution >= 0.6 is 11.8 Å². The van der Waals surface area contributed by atoms with Gasteiger partial charge in [0.25, 0.3) is 0 Å². The lowest BCUT2D eigenvalue weighted by atomic mass is 10.1. The van der Waals surface area contributed by atoms with Crippen LogP contribution in [0, 0.1) is 6.92 Å². The molecule has 0 atom stereocenters. The van der Waals surface area contributed by atoms with Gasteiger partial charge in [-0.25, -0.2) is 4.79 Å². The Balaban J connectivity index is 2.44. The van der Waals surface area contributed by atoms with E-state index in [0.29, 0.717) is 5.56 Å². The summed E-state index contributed by atoms with van der Waals surface area (Å²) in [6.45, 7) is 2.90. The van der Waals surface area contributed by atoms with Crippen molar-refractivity contribution in [2.45, 2.75) is 11.8 Å². The number of ether oxygens (including phenoxy) is 1. The van der Waals surface area contributed by atoms with Gasteiger partial charge in [-0.3, -0.25) is 0 Å². The molecule has 1 aromatic carbocycles. The molecule has 0 fully saturated rings. The van der Waals surface area contributed by atoms with Crippen molar-refractivity contribution in [3.8, 4) is 0 Å². The zero-order chi connectivity index (χ0) is 10.8. The predicted octanol–water partition coefficient (Wildman–Crippen LogP) is 2.30. The molecule has 2 rings (SSSR count). The van der Waals surface area contributed by atoms with Crippen LogP contribution in [0.1, 0.15) is 15.9 Å². The summed E-state index contributed by atoms with van der Waals surface area (Å²) < 4.78 is 4.74. The lowest BCUT2D eigenvalue weighted by Crippen LogP contribution is -2.12. The third kappa shape index (κ3) is 1.95. The fraction of sp³-hybridized carbons (Fsp3) is 0.364. The third-order valence-corrected chi connectivity index (χ3v) is 3.46. The van der Waals surface area contributed by atoms with E-state index in [9.17, 15) is 4.79 Å². The summed E-state index contributed by atoms with van der Waals surface area (Å²) >= 11 is 1.77. The number of fused-ring (bicyclic) bond motifs is 1. The standard InChI is InChI=1S/C11H13NO2S/c1-7-5-9-10(15-4-3-12-9)6-8(7)11(13)14-2/h5-6,12H,3-4H2,1-2H3. The van der Waals surface area contributed by atoms with E-state index in [1.54, 1.807) is 11.8 Å². The van der Waals surface area contributed by atoms with Gasteiger partial charge in [0.05, 0.1) is 12.7 Å². The number of methoxy groups -OCH3 is 1. The second-order valence-electron chi connectivity index (χ2n) is 3.43. The van der Waals surface area contributed by atoms with Gasteiger partial charge in [0.15, 0.2) is 0 Å². The number of esters is 1. The zero-order valence-electron chi connectivity index (χ0n) is 8.79. The molecule has 1 aromatic rings. The molecule has 0 amide bonds. The molecule has 0 radical (unpaired) electrons. The number of thioether (sulfide) groups is 1. The summed E-state index contributed by atoms with van der Waals surface area (Å²) in [6, 6.07) is 3.92. The van der Waals surface area contributed by atoms with Crippen LogP contribution in [0.15, 0.2) is 17.0 Å². The average molecular weight is 223 g/mol. The molecule has 15 heavy (non-hydrogen) atoms. The average Bonchev–Trinajstić information content (AvgIpc) is 2.27. The quantitative estimate of drug-likeness (QED) is 0.741. The fourth-order valence-electron chi connectivity index (χ4n) is 1.62. The van der Waals surface area contributed by atoms with Crippen molar-refractivity contribution < 1.29 is 9.53 Å². The van der Waals surface area contributed by atoms with Gasteiger partial charge in [0, 0.05) is 22.9 Å². The highest BCUT2D eigenvalue weighted by molar-refractivity contribution is 7.99. The molecule has 1 aliphatic heterocycles. The van der Waals surface area contributed by atoms with Crippen molar-refractivity contribution in [1.29, 1.82) is 0 Å². The largest absolute Gasteiger partial charge is 0.465 e. The Morgan fingerprint density at radius 1 is 1.53 bits per heavy atom. The van der Waals surface area contributed by atoms with E-state index in [-0.39, 0.29) is 5.97 Å². The van der Waals surface area contributed by atoms with Gasteiger partial charge in [-0.05, 0) is 24.6 Å². The van der Waals surface area contributed by atoms with Crippen LogP contribution in [0.3, 0.4) is 0 Å².